The number of aldehydes is 1. The Morgan fingerprint density at radius 1 is 0.941 bits per heavy atom. The summed E-state index contributed by atoms with van der Waals surface area (Å²) in [7, 11) is 0. The van der Waals surface area contributed by atoms with Crippen LogP contribution in [0.2, 0.25) is 0 Å². The minimum atomic E-state index is -0.966. The molecule has 0 bridgehead atoms. The van der Waals surface area contributed by atoms with Crippen molar-refractivity contribution in [2.45, 2.75) is 85.5 Å². The number of primary amides is 1. The summed E-state index contributed by atoms with van der Waals surface area (Å²) in [5, 5.41) is 2.66. The van der Waals surface area contributed by atoms with Crippen LogP contribution in [0.25, 0.3) is 0 Å². The minimum Gasteiger partial charge on any atom is -0.445 e. The fourth-order valence-corrected chi connectivity index (χ4v) is 3.86. The summed E-state index contributed by atoms with van der Waals surface area (Å²) in [6.45, 7) is 11.6. The summed E-state index contributed by atoms with van der Waals surface area (Å²) >= 11 is 0. The van der Waals surface area contributed by atoms with Gasteiger partial charge in [0.15, 0.2) is 0 Å². The first-order valence-corrected chi connectivity index (χ1v) is 12.0. The quantitative estimate of drug-likeness (QED) is 0.398. The molecule has 0 radical (unpaired) electrons. The van der Waals surface area contributed by atoms with E-state index in [0.29, 0.717) is 25.5 Å². The molecule has 0 saturated carbocycles. The maximum atomic E-state index is 13.8. The Morgan fingerprint density at radius 2 is 1.50 bits per heavy atom. The molecule has 0 saturated heterocycles. The molecule has 34 heavy (non-hydrogen) atoms. The predicted octanol–water partition coefficient (Wildman–Crippen LogP) is 3.67. The van der Waals surface area contributed by atoms with Crippen molar-refractivity contribution in [3.05, 3.63) is 35.9 Å². The lowest BCUT2D eigenvalue weighted by Gasteiger charge is -2.38. The second-order valence-corrected chi connectivity index (χ2v) is 10.0. The lowest BCUT2D eigenvalue weighted by molar-refractivity contribution is -0.147. The molecule has 1 aromatic rings. The smallest absolute Gasteiger partial charge is 0.408 e. The van der Waals surface area contributed by atoms with Gasteiger partial charge in [0.2, 0.25) is 11.8 Å². The standard InChI is InChI=1S/C26H41N3O5/c1-17(2)12-21(15-30)29(23(24(27)31)14-19(5)6)25(32)22(13-18(3)4)28-26(33)34-16-20-10-8-7-9-11-20/h7-11,15,17-19,21-23H,12-14,16H2,1-6H3,(H2,27,31)(H,28,33)/t21-,22-,23-/m0/s1. The van der Waals surface area contributed by atoms with Gasteiger partial charge in [-0.3, -0.25) is 9.59 Å². The predicted molar refractivity (Wildman–Crippen MR) is 132 cm³/mol. The molecule has 0 aliphatic rings. The van der Waals surface area contributed by atoms with E-state index in [-0.39, 0.29) is 24.4 Å². The van der Waals surface area contributed by atoms with Gasteiger partial charge in [0, 0.05) is 0 Å². The van der Waals surface area contributed by atoms with Crippen LogP contribution in [0.4, 0.5) is 4.79 Å². The van der Waals surface area contributed by atoms with Crippen LogP contribution < -0.4 is 11.1 Å². The summed E-state index contributed by atoms with van der Waals surface area (Å²) < 4.78 is 5.31. The van der Waals surface area contributed by atoms with E-state index in [4.69, 9.17) is 10.5 Å². The van der Waals surface area contributed by atoms with Crippen LogP contribution in [0.1, 0.15) is 66.4 Å². The second kappa shape index (κ2) is 14.4. The van der Waals surface area contributed by atoms with E-state index in [2.05, 4.69) is 5.32 Å². The lowest BCUT2D eigenvalue weighted by atomic mass is 9.94. The average molecular weight is 476 g/mol. The van der Waals surface area contributed by atoms with Gasteiger partial charge in [-0.15, -0.1) is 0 Å². The van der Waals surface area contributed by atoms with E-state index in [9.17, 15) is 19.2 Å². The molecule has 0 heterocycles. The van der Waals surface area contributed by atoms with Crippen molar-refractivity contribution in [1.29, 1.82) is 0 Å². The number of carbonyl (C=O) groups excluding carboxylic acids is 4. The van der Waals surface area contributed by atoms with Crippen LogP contribution in [-0.2, 0) is 25.7 Å². The van der Waals surface area contributed by atoms with Gasteiger partial charge in [0.1, 0.15) is 25.0 Å². The molecule has 3 atom stereocenters. The maximum absolute atomic E-state index is 13.8. The van der Waals surface area contributed by atoms with Crippen molar-refractivity contribution in [3.8, 4) is 0 Å². The van der Waals surface area contributed by atoms with Crippen molar-refractivity contribution in [2.24, 2.45) is 23.5 Å². The van der Waals surface area contributed by atoms with E-state index < -0.39 is 36.0 Å². The molecule has 3 amide bonds. The van der Waals surface area contributed by atoms with Gasteiger partial charge >= 0.3 is 6.09 Å². The van der Waals surface area contributed by atoms with Crippen molar-refractivity contribution in [1.82, 2.24) is 10.2 Å². The van der Waals surface area contributed by atoms with Gasteiger partial charge in [-0.2, -0.15) is 0 Å². The number of amides is 3. The Morgan fingerprint density at radius 3 is 1.97 bits per heavy atom. The summed E-state index contributed by atoms with van der Waals surface area (Å²) in [5.74, 6) is -0.959. The zero-order valence-electron chi connectivity index (χ0n) is 21.3. The van der Waals surface area contributed by atoms with E-state index >= 15 is 0 Å². The monoisotopic (exact) mass is 475 g/mol. The first-order chi connectivity index (χ1) is 16.0. The number of nitrogens with zero attached hydrogens (tertiary/aromatic N) is 1. The number of benzene rings is 1. The third kappa shape index (κ3) is 9.93. The number of nitrogens with two attached hydrogens (primary N) is 1. The third-order valence-corrected chi connectivity index (χ3v) is 5.35. The molecule has 190 valence electrons. The van der Waals surface area contributed by atoms with E-state index in [1.165, 1.54) is 4.90 Å². The molecule has 0 aliphatic carbocycles. The van der Waals surface area contributed by atoms with Gasteiger partial charge in [0.05, 0.1) is 6.04 Å². The first kappa shape index (κ1) is 29.1. The normalized spacial score (nSPS) is 13.9. The molecule has 0 aromatic heterocycles. The Balaban J connectivity index is 3.21. The molecule has 1 aromatic carbocycles. The molecule has 0 aliphatic heterocycles. The zero-order valence-corrected chi connectivity index (χ0v) is 21.3. The number of rotatable bonds is 14. The molecule has 3 N–H and O–H groups in total. The largest absolute Gasteiger partial charge is 0.445 e. The molecule has 0 spiro atoms. The molecule has 0 unspecified atom stereocenters. The SMILES string of the molecule is CC(C)C[C@H](NC(=O)OCc1ccccc1)C(=O)N([C@H](C=O)CC(C)C)[C@@H](CC(C)C)C(N)=O. The van der Waals surface area contributed by atoms with E-state index in [0.717, 1.165) is 5.56 Å². The molecule has 1 rings (SSSR count). The third-order valence-electron chi connectivity index (χ3n) is 5.35. The van der Waals surface area contributed by atoms with Crippen LogP contribution in [0.3, 0.4) is 0 Å². The topological polar surface area (TPSA) is 119 Å². The van der Waals surface area contributed by atoms with Crippen molar-refractivity contribution >= 4 is 24.2 Å². The number of nitrogens with one attached hydrogen (secondary N) is 1. The van der Waals surface area contributed by atoms with Crippen LogP contribution in [0.15, 0.2) is 30.3 Å². The van der Waals surface area contributed by atoms with Crippen molar-refractivity contribution < 1.29 is 23.9 Å². The highest BCUT2D eigenvalue weighted by atomic mass is 16.5. The van der Waals surface area contributed by atoms with E-state index in [1.54, 1.807) is 0 Å². The van der Waals surface area contributed by atoms with Gasteiger partial charge in [-0.25, -0.2) is 4.79 Å². The Hall–Kier alpha value is -2.90. The first-order valence-electron chi connectivity index (χ1n) is 12.0. The molecular formula is C26H41N3O5. The highest BCUT2D eigenvalue weighted by molar-refractivity contribution is 5.92. The molecular weight excluding hydrogens is 434 g/mol. The maximum Gasteiger partial charge on any atom is 0.408 e. The number of hydrogen-bond acceptors (Lipinski definition) is 5. The van der Waals surface area contributed by atoms with Gasteiger partial charge < -0.3 is 25.5 Å². The van der Waals surface area contributed by atoms with Crippen LogP contribution in [0, 0.1) is 17.8 Å². The number of hydrogen-bond donors (Lipinski definition) is 2. The van der Waals surface area contributed by atoms with Crippen LogP contribution in [0.5, 0.6) is 0 Å². The summed E-state index contributed by atoms with van der Waals surface area (Å²) in [4.78, 5) is 52.1. The Bertz CT molecular complexity index is 795. The van der Waals surface area contributed by atoms with Crippen LogP contribution in [-0.4, -0.2) is 47.2 Å². The number of carbonyl (C=O) groups is 4. The molecule has 8 nitrogen and oxygen atoms in total. The number of ether oxygens (including phenoxy) is 1. The molecule has 8 heteroatoms. The summed E-state index contributed by atoms with van der Waals surface area (Å²) in [6, 6.07) is 6.44. The zero-order chi connectivity index (χ0) is 25.8. The molecule has 0 fully saturated rings. The van der Waals surface area contributed by atoms with Gasteiger partial charge in [0.25, 0.3) is 0 Å². The van der Waals surface area contributed by atoms with Crippen molar-refractivity contribution in [2.75, 3.05) is 0 Å². The summed E-state index contributed by atoms with van der Waals surface area (Å²) in [6.07, 6.45) is 0.957. The van der Waals surface area contributed by atoms with Crippen LogP contribution >= 0.6 is 0 Å². The Kier molecular flexibility index (Phi) is 12.3. The highest BCUT2D eigenvalue weighted by Gasteiger charge is 2.38. The van der Waals surface area contributed by atoms with E-state index in [1.807, 2.05) is 71.9 Å². The fourth-order valence-electron chi connectivity index (χ4n) is 3.86. The minimum absolute atomic E-state index is 0.0561. The van der Waals surface area contributed by atoms with Gasteiger partial charge in [-0.05, 0) is 42.6 Å². The second-order valence-electron chi connectivity index (χ2n) is 10.0. The highest BCUT2D eigenvalue weighted by Crippen LogP contribution is 2.21. The Labute approximate surface area is 203 Å². The van der Waals surface area contributed by atoms with Gasteiger partial charge in [-0.1, -0.05) is 71.9 Å². The summed E-state index contributed by atoms with van der Waals surface area (Å²) in [5.41, 5.74) is 6.52. The number of alkyl carbamates (subject to hydrolysis) is 1. The lowest BCUT2D eigenvalue weighted by Crippen LogP contribution is -2.59. The fraction of sp³-hybridized carbons (Fsp3) is 0.615. The average Bonchev–Trinajstić information content (AvgIpc) is 2.75. The van der Waals surface area contributed by atoms with Crippen molar-refractivity contribution in [3.63, 3.8) is 0 Å².